The second-order valence-electron chi connectivity index (χ2n) is 22.0. The van der Waals surface area contributed by atoms with E-state index >= 15 is 0 Å². The highest BCUT2D eigenvalue weighted by atomic mass is 16.6. The van der Waals surface area contributed by atoms with Gasteiger partial charge in [-0.3, -0.25) is 20.1 Å². The number of aryl methyl sites for hydroxylation is 1. The minimum atomic E-state index is -1.03. The number of fused-ring (bicyclic) bond motifs is 13. The molecule has 12 atom stereocenters. The summed E-state index contributed by atoms with van der Waals surface area (Å²) in [6, 6.07) is 14.6. The number of H-pyrrole nitrogens is 1. The zero-order valence-electron chi connectivity index (χ0n) is 44.0. The number of nitrogens with two attached hydrogens (primary N) is 1. The number of esters is 1. The van der Waals surface area contributed by atoms with Crippen molar-refractivity contribution >= 4 is 22.8 Å². The number of ether oxygens (including phenoxy) is 4. The maximum atomic E-state index is 12.9. The molecule has 5 aliphatic heterocycles. The number of rotatable bonds is 12. The van der Waals surface area contributed by atoms with Gasteiger partial charge in [0.05, 0.1) is 47.0 Å². The number of benzene rings is 2. The molecule has 18 nitrogen and oxygen atoms in total. The Morgan fingerprint density at radius 2 is 2.00 bits per heavy atom. The summed E-state index contributed by atoms with van der Waals surface area (Å²) in [4.78, 5) is 25.8. The number of phenols is 3. The molecule has 2 saturated heterocycles. The van der Waals surface area contributed by atoms with Crippen molar-refractivity contribution in [3.05, 3.63) is 131 Å². The molecule has 11 N–H and O–H groups in total. The van der Waals surface area contributed by atoms with Crippen LogP contribution in [0.15, 0.2) is 114 Å². The van der Waals surface area contributed by atoms with Gasteiger partial charge in [-0.2, -0.15) is 0 Å². The number of hydrogen-bond acceptors (Lipinski definition) is 14. The summed E-state index contributed by atoms with van der Waals surface area (Å²) in [6.07, 6.45) is 18.1. The Hall–Kier alpha value is -7.59. The van der Waals surface area contributed by atoms with E-state index in [0.29, 0.717) is 74.7 Å². The van der Waals surface area contributed by atoms with Crippen LogP contribution in [0.2, 0.25) is 0 Å². The number of pyridine rings is 1. The van der Waals surface area contributed by atoms with Crippen molar-refractivity contribution in [1.29, 1.82) is 0 Å². The van der Waals surface area contributed by atoms with Crippen LogP contribution in [-0.2, 0) is 33.5 Å². The molecule has 5 aromatic rings. The number of guanidine groups is 1. The van der Waals surface area contributed by atoms with Crippen LogP contribution in [0.25, 0.3) is 10.9 Å². The molecule has 78 heavy (non-hydrogen) atoms. The number of aromatic hydroxyl groups is 3. The van der Waals surface area contributed by atoms with E-state index in [-0.39, 0.29) is 53.8 Å². The maximum Gasteiger partial charge on any atom is 0.302 e. The average Bonchev–Trinajstić information content (AvgIpc) is 3.95. The number of aliphatic hydroxyl groups excluding tert-OH is 1. The van der Waals surface area contributed by atoms with E-state index in [9.17, 15) is 25.2 Å². The number of nitrogens with one attached hydrogen (secondary N) is 5. The lowest BCUT2D eigenvalue weighted by Gasteiger charge is -2.65. The molecular formula is C60H69N9O9. The summed E-state index contributed by atoms with van der Waals surface area (Å²) in [5.74, 6) is 6.63. The molecule has 2 aromatic carbocycles. The number of dihydropyridines is 1. The summed E-state index contributed by atoms with van der Waals surface area (Å²) in [7, 11) is 1.80. The van der Waals surface area contributed by atoms with E-state index in [1.165, 1.54) is 18.6 Å². The fourth-order valence-electron chi connectivity index (χ4n) is 14.0. The number of aromatic amines is 1. The van der Waals surface area contributed by atoms with Crippen molar-refractivity contribution in [2.24, 2.45) is 39.8 Å². The molecule has 2 bridgehead atoms. The van der Waals surface area contributed by atoms with Crippen LogP contribution in [0.5, 0.6) is 28.7 Å². The molecule has 18 heteroatoms. The molecule has 3 fully saturated rings. The van der Waals surface area contributed by atoms with Gasteiger partial charge in [-0.15, -0.1) is 0 Å². The molecule has 7 aliphatic rings. The van der Waals surface area contributed by atoms with Gasteiger partial charge in [-0.25, -0.2) is 0 Å². The lowest BCUT2D eigenvalue weighted by Crippen LogP contribution is -2.81. The molecule has 2 aliphatic carbocycles. The number of allylic oxidation sites excluding steroid dienone is 3. The third-order valence-corrected chi connectivity index (χ3v) is 17.6. The first-order valence-electron chi connectivity index (χ1n) is 27.5. The average molecular weight is 1060 g/mol. The first kappa shape index (κ1) is 51.2. The van der Waals surface area contributed by atoms with Gasteiger partial charge in [0, 0.05) is 86.5 Å². The van der Waals surface area contributed by atoms with Crippen LogP contribution in [0.1, 0.15) is 86.5 Å². The molecule has 3 aromatic heterocycles. The third-order valence-electron chi connectivity index (χ3n) is 17.6. The van der Waals surface area contributed by atoms with Crippen LogP contribution < -0.4 is 36.5 Å². The number of carbonyl (C=O) groups excluding carboxylic acids is 1. The highest BCUT2D eigenvalue weighted by Crippen LogP contribution is 2.60. The third kappa shape index (κ3) is 9.24. The Labute approximate surface area is 453 Å². The van der Waals surface area contributed by atoms with E-state index in [2.05, 4.69) is 78.1 Å². The highest BCUT2D eigenvalue weighted by molar-refractivity contribution is 5.85. The first-order chi connectivity index (χ1) is 37.9. The number of nitrogens with zero attached hydrogens (tertiary/aromatic N) is 3. The van der Waals surface area contributed by atoms with Gasteiger partial charge < -0.3 is 70.6 Å². The lowest BCUT2D eigenvalue weighted by molar-refractivity contribution is -0.179. The van der Waals surface area contributed by atoms with Crippen molar-refractivity contribution < 1.29 is 44.2 Å². The normalized spacial score (nSPS) is 30.6. The van der Waals surface area contributed by atoms with Crippen LogP contribution in [0.4, 0.5) is 0 Å². The molecule has 0 amide bonds. The van der Waals surface area contributed by atoms with Crippen molar-refractivity contribution in [3.63, 3.8) is 0 Å². The van der Waals surface area contributed by atoms with Gasteiger partial charge in [0.15, 0.2) is 29.0 Å². The second kappa shape index (κ2) is 21.0. The van der Waals surface area contributed by atoms with Crippen LogP contribution in [0.3, 0.4) is 0 Å². The number of aliphatic hydroxyl groups is 1. The minimum absolute atomic E-state index is 0.00495. The zero-order chi connectivity index (χ0) is 53.7. The van der Waals surface area contributed by atoms with Gasteiger partial charge in [-0.1, -0.05) is 42.2 Å². The Balaban J connectivity index is 0.946. The molecule has 408 valence electrons. The molecule has 0 unspecified atom stereocenters. The maximum absolute atomic E-state index is 12.9. The van der Waals surface area contributed by atoms with Gasteiger partial charge in [0.25, 0.3) is 0 Å². The zero-order valence-corrected chi connectivity index (χ0v) is 44.0. The van der Waals surface area contributed by atoms with Gasteiger partial charge in [0.1, 0.15) is 24.6 Å². The fourth-order valence-corrected chi connectivity index (χ4v) is 14.0. The predicted octanol–water partition coefficient (Wildman–Crippen LogP) is 6.16. The number of aromatic nitrogens is 3. The largest absolute Gasteiger partial charge is 0.504 e. The monoisotopic (exact) mass is 1060 g/mol. The van der Waals surface area contributed by atoms with Gasteiger partial charge in [-0.05, 0) is 123 Å². The topological polar surface area (TPSA) is 255 Å². The number of hydrogen-bond donors (Lipinski definition) is 10. The molecule has 12 rings (SSSR count). The molecule has 0 radical (unpaired) electrons. The lowest BCUT2D eigenvalue weighted by atomic mass is 9.51. The van der Waals surface area contributed by atoms with E-state index < -0.39 is 59.7 Å². The summed E-state index contributed by atoms with van der Waals surface area (Å²) in [5, 5.41) is 62.2. The second-order valence-corrected chi connectivity index (χ2v) is 22.0. The Bertz CT molecular complexity index is 3270. The molecule has 1 spiro atoms. The van der Waals surface area contributed by atoms with Gasteiger partial charge >= 0.3 is 5.97 Å². The minimum Gasteiger partial charge on any atom is -0.504 e. The molecule has 8 heterocycles. The molecular weight excluding hydrogens is 991 g/mol. The molecule has 1 saturated carbocycles. The highest BCUT2D eigenvalue weighted by Gasteiger charge is 2.69. The van der Waals surface area contributed by atoms with Crippen LogP contribution in [0, 0.1) is 40.9 Å². The summed E-state index contributed by atoms with van der Waals surface area (Å²) in [5.41, 5.74) is 9.96. The van der Waals surface area contributed by atoms with E-state index in [4.69, 9.17) is 29.7 Å². The smallest absolute Gasteiger partial charge is 0.302 e. The first-order valence-corrected chi connectivity index (χ1v) is 27.5. The van der Waals surface area contributed by atoms with E-state index in [1.54, 1.807) is 31.6 Å². The summed E-state index contributed by atoms with van der Waals surface area (Å²) in [6.45, 7) is 2.83. The Morgan fingerprint density at radius 1 is 1.10 bits per heavy atom. The fraction of sp³-hybridized carbons (Fsp3) is 0.450. The van der Waals surface area contributed by atoms with Gasteiger partial charge in [0.2, 0.25) is 5.75 Å². The number of carbonyl (C=O) groups is 1. The van der Waals surface area contributed by atoms with Crippen molar-refractivity contribution in [2.75, 3.05) is 26.7 Å². The quantitative estimate of drug-likeness (QED) is 0.0168. The van der Waals surface area contributed by atoms with E-state index in [0.717, 1.165) is 47.0 Å². The number of aliphatic imine (C=N–C) groups is 1. The Kier molecular flexibility index (Phi) is 13.8. The summed E-state index contributed by atoms with van der Waals surface area (Å²) >= 11 is 0. The Morgan fingerprint density at radius 3 is 2.83 bits per heavy atom. The van der Waals surface area contributed by atoms with Crippen molar-refractivity contribution in [3.8, 4) is 40.6 Å². The standard InChI is InChI=1S/C60H69N9O9/c1-34(70)76-50-31-49(39-29-47(72)54(73)52(30-39)75-25-18-36-7-4-21-63-32-36)78-55-41(50)12-10-38-11-13-43-48(77-51-27-37(26-42(38)55)9-14-46(51)71)8-3-19-60(43)59(57(74)62-2)20-15-45-40-17-24-64-44(40)33-69(45)56(59)67-58(68-60)66-22-5-6-35-16-23-65-53(61)28-35/h4,7,9-10,12,14,16-17,21,24,27-30,32-33,38,41-43,48-50,55-57,62,64-65,71-74H,3,5-6,8,15,18-20,22-23,25-26,31,61H2,1-2H3,(H2,66,67,68)/t38-,41-,42+,43-,48-,49+,50+,55-,56-,57-,59+,60+/m1/s1. The van der Waals surface area contributed by atoms with Crippen molar-refractivity contribution in [1.82, 2.24) is 35.8 Å². The van der Waals surface area contributed by atoms with Crippen LogP contribution >= 0.6 is 0 Å². The number of phenolic OH excluding ortho intramolecular Hbond substituents is 3. The van der Waals surface area contributed by atoms with Crippen molar-refractivity contribution in [2.45, 2.75) is 113 Å². The predicted molar refractivity (Wildman–Crippen MR) is 292 cm³/mol. The SMILES string of the molecule is CN[C@H](O)[C@]12CCc3c4cc[nH]c4cn3[C@H]1NC(=NCCCC1=CCNC(N)=C1)N[C@]21CCC[C@H]2Oc3cc(ccc3O)C[C@@H]3[C@@H]4O[C@H](c5cc(O)c(O)c(OCCc6cccnc6)c5)C[C@H](OC(C)=O)[C@H]4C=C[C@@H]3C#C[C@H]21. The van der Waals surface area contributed by atoms with Crippen LogP contribution in [-0.4, -0.2) is 104 Å². The summed E-state index contributed by atoms with van der Waals surface area (Å²) < 4.78 is 28.9. The van der Waals surface area contributed by atoms with E-state index in [1.807, 2.05) is 36.5 Å².